The van der Waals surface area contributed by atoms with Gasteiger partial charge in [-0.2, -0.15) is 0 Å². The van der Waals surface area contributed by atoms with Crippen LogP contribution in [0.4, 0.5) is 8.78 Å². The van der Waals surface area contributed by atoms with Crippen LogP contribution < -0.4 is 0 Å². The van der Waals surface area contributed by atoms with E-state index >= 15 is 0 Å². The molecule has 4 rings (SSSR count). The minimum absolute atomic E-state index is 0.00522. The Labute approximate surface area is 144 Å². The van der Waals surface area contributed by atoms with Crippen molar-refractivity contribution in [1.82, 2.24) is 15.0 Å². The van der Waals surface area contributed by atoms with E-state index < -0.39 is 30.2 Å². The van der Waals surface area contributed by atoms with Crippen molar-refractivity contribution in [1.29, 1.82) is 0 Å². The topological polar surface area (TPSA) is 66.7 Å². The monoisotopic (exact) mass is 353 g/mol. The number of halogens is 2. The Morgan fingerprint density at radius 3 is 2.80 bits per heavy atom. The van der Waals surface area contributed by atoms with Crippen molar-refractivity contribution < 1.29 is 22.9 Å². The van der Waals surface area contributed by atoms with Crippen molar-refractivity contribution in [2.75, 3.05) is 26.2 Å². The number of carbonyl (C=O) groups is 2. The van der Waals surface area contributed by atoms with E-state index in [1.165, 1.54) is 6.07 Å². The lowest BCUT2D eigenvalue weighted by Gasteiger charge is -2.42. The smallest absolute Gasteiger partial charge is 0.276 e. The number of aromatic nitrogens is 1. The summed E-state index contributed by atoms with van der Waals surface area (Å²) in [6.07, 6.45) is 2.09. The van der Waals surface area contributed by atoms with Crippen LogP contribution in [0.1, 0.15) is 41.9 Å². The lowest BCUT2D eigenvalue weighted by molar-refractivity contribution is -0.151. The molecule has 0 aromatic carbocycles. The molecule has 1 aromatic heterocycles. The number of carbonyl (C=O) groups excluding carboxylic acids is 2. The van der Waals surface area contributed by atoms with Gasteiger partial charge < -0.3 is 14.3 Å². The zero-order valence-corrected chi connectivity index (χ0v) is 14.1. The van der Waals surface area contributed by atoms with Gasteiger partial charge in [0.25, 0.3) is 11.8 Å². The zero-order valence-electron chi connectivity index (χ0n) is 14.1. The summed E-state index contributed by atoms with van der Waals surface area (Å²) in [5, 5.41) is 3.63. The lowest BCUT2D eigenvalue weighted by atomic mass is 9.77. The molecule has 3 fully saturated rings. The lowest BCUT2D eigenvalue weighted by Crippen LogP contribution is -2.57. The molecule has 0 radical (unpaired) electrons. The second kappa shape index (κ2) is 5.51. The summed E-state index contributed by atoms with van der Waals surface area (Å²) in [5.74, 6) is -2.97. The van der Waals surface area contributed by atoms with Gasteiger partial charge in [-0.05, 0) is 32.1 Å². The van der Waals surface area contributed by atoms with Gasteiger partial charge in [-0.25, -0.2) is 8.78 Å². The molecule has 6 nitrogen and oxygen atoms in total. The molecule has 1 saturated carbocycles. The van der Waals surface area contributed by atoms with Gasteiger partial charge in [0.05, 0.1) is 12.0 Å². The average Bonchev–Trinajstić information content (AvgIpc) is 3.19. The zero-order chi connectivity index (χ0) is 17.8. The Morgan fingerprint density at radius 2 is 2.16 bits per heavy atom. The predicted molar refractivity (Wildman–Crippen MR) is 83.1 cm³/mol. The number of rotatable bonds is 3. The molecule has 0 bridgehead atoms. The molecule has 0 unspecified atom stereocenters. The van der Waals surface area contributed by atoms with E-state index in [9.17, 15) is 18.4 Å². The highest BCUT2D eigenvalue weighted by Gasteiger charge is 2.58. The number of piperidine rings is 1. The van der Waals surface area contributed by atoms with Crippen molar-refractivity contribution in [3.63, 3.8) is 0 Å². The molecule has 3 aliphatic rings. The first-order valence-electron chi connectivity index (χ1n) is 8.68. The van der Waals surface area contributed by atoms with E-state index in [1.54, 1.807) is 11.8 Å². The first kappa shape index (κ1) is 16.5. The Morgan fingerprint density at radius 1 is 1.40 bits per heavy atom. The summed E-state index contributed by atoms with van der Waals surface area (Å²) in [4.78, 5) is 28.2. The molecule has 2 amide bonds. The van der Waals surface area contributed by atoms with Gasteiger partial charge in [-0.1, -0.05) is 5.16 Å². The molecule has 1 aromatic rings. The minimum Gasteiger partial charge on any atom is -0.361 e. The highest BCUT2D eigenvalue weighted by atomic mass is 19.3. The van der Waals surface area contributed by atoms with Crippen LogP contribution in [0.15, 0.2) is 10.6 Å². The number of amides is 2. The molecule has 0 N–H and O–H groups in total. The van der Waals surface area contributed by atoms with Crippen LogP contribution in [0.25, 0.3) is 0 Å². The summed E-state index contributed by atoms with van der Waals surface area (Å²) in [6.45, 7) is 2.12. The van der Waals surface area contributed by atoms with E-state index in [2.05, 4.69) is 5.16 Å². The number of hydrogen-bond donors (Lipinski definition) is 0. The Hall–Kier alpha value is -1.99. The fourth-order valence-electron chi connectivity index (χ4n) is 4.07. The van der Waals surface area contributed by atoms with Crippen molar-refractivity contribution in [2.45, 2.75) is 38.5 Å². The standard InChI is InChI=1S/C17H21F2N3O3/c1-11-6-13(20-25-11)14(23)22-9-16(8-17(18,19)10-22)4-5-21(15(16)24)7-12-2-3-12/h6,12H,2-5,7-10H2,1H3/t16-/m0/s1. The van der Waals surface area contributed by atoms with E-state index in [1.807, 2.05) is 0 Å². The Balaban J connectivity index is 1.56. The number of nitrogens with zero attached hydrogens (tertiary/aromatic N) is 3. The Kier molecular flexibility index (Phi) is 3.63. The summed E-state index contributed by atoms with van der Waals surface area (Å²) >= 11 is 0. The third-order valence-electron chi connectivity index (χ3n) is 5.42. The van der Waals surface area contributed by atoms with Crippen LogP contribution in [0.5, 0.6) is 0 Å². The first-order valence-corrected chi connectivity index (χ1v) is 8.68. The summed E-state index contributed by atoms with van der Waals surface area (Å²) in [7, 11) is 0. The van der Waals surface area contributed by atoms with Crippen molar-refractivity contribution in [2.24, 2.45) is 11.3 Å². The van der Waals surface area contributed by atoms with Gasteiger partial charge in [0.15, 0.2) is 5.69 Å². The highest BCUT2D eigenvalue weighted by Crippen LogP contribution is 2.46. The summed E-state index contributed by atoms with van der Waals surface area (Å²) in [5.41, 5.74) is -1.17. The maximum Gasteiger partial charge on any atom is 0.276 e. The minimum atomic E-state index is -3.09. The molecular formula is C17H21F2N3O3. The van der Waals surface area contributed by atoms with Crippen LogP contribution in [0.2, 0.25) is 0 Å². The molecule has 1 spiro atoms. The molecule has 3 heterocycles. The van der Waals surface area contributed by atoms with E-state index in [0.717, 1.165) is 17.7 Å². The molecule has 2 saturated heterocycles. The fourth-order valence-corrected chi connectivity index (χ4v) is 4.07. The largest absolute Gasteiger partial charge is 0.361 e. The summed E-state index contributed by atoms with van der Waals surface area (Å²) in [6, 6.07) is 1.43. The van der Waals surface area contributed by atoms with Crippen LogP contribution in [0.3, 0.4) is 0 Å². The first-order chi connectivity index (χ1) is 11.8. The third-order valence-corrected chi connectivity index (χ3v) is 5.42. The number of hydrogen-bond acceptors (Lipinski definition) is 4. The van der Waals surface area contributed by atoms with Crippen molar-refractivity contribution in [3.8, 4) is 0 Å². The molecule has 25 heavy (non-hydrogen) atoms. The van der Waals surface area contributed by atoms with Gasteiger partial charge >= 0.3 is 0 Å². The Bertz CT molecular complexity index is 716. The quantitative estimate of drug-likeness (QED) is 0.835. The van der Waals surface area contributed by atoms with Crippen molar-refractivity contribution >= 4 is 11.8 Å². The maximum atomic E-state index is 14.4. The molecule has 8 heteroatoms. The van der Waals surface area contributed by atoms with E-state index in [-0.39, 0.29) is 18.1 Å². The predicted octanol–water partition coefficient (Wildman–Crippen LogP) is 2.09. The number of alkyl halides is 2. The van der Waals surface area contributed by atoms with Gasteiger partial charge in [-0.15, -0.1) is 0 Å². The normalized spacial score (nSPS) is 28.8. The van der Waals surface area contributed by atoms with Gasteiger partial charge in [0.2, 0.25) is 5.91 Å². The average molecular weight is 353 g/mol. The van der Waals surface area contributed by atoms with Crippen LogP contribution in [0, 0.1) is 18.3 Å². The molecule has 136 valence electrons. The molecule has 1 atom stereocenters. The van der Waals surface area contributed by atoms with Gasteiger partial charge in [-0.3, -0.25) is 9.59 Å². The summed E-state index contributed by atoms with van der Waals surface area (Å²) < 4.78 is 33.7. The highest BCUT2D eigenvalue weighted by molar-refractivity contribution is 5.93. The molecular weight excluding hydrogens is 332 g/mol. The van der Waals surface area contributed by atoms with Crippen LogP contribution in [-0.4, -0.2) is 58.9 Å². The molecule has 1 aliphatic carbocycles. The second-order valence-corrected chi connectivity index (χ2v) is 7.74. The van der Waals surface area contributed by atoms with Crippen LogP contribution >= 0.6 is 0 Å². The van der Waals surface area contributed by atoms with Gasteiger partial charge in [0, 0.05) is 32.1 Å². The van der Waals surface area contributed by atoms with Crippen molar-refractivity contribution in [3.05, 3.63) is 17.5 Å². The SMILES string of the molecule is Cc1cc(C(=O)N2CC(F)(F)C[C@@]3(CCN(CC4CC4)C3=O)C2)no1. The van der Waals surface area contributed by atoms with E-state index in [4.69, 9.17) is 4.52 Å². The van der Waals surface area contributed by atoms with Gasteiger partial charge in [0.1, 0.15) is 5.76 Å². The third kappa shape index (κ3) is 3.02. The number of likely N-dealkylation sites (tertiary alicyclic amines) is 2. The number of aryl methyl sites for hydroxylation is 1. The molecule has 2 aliphatic heterocycles. The van der Waals surface area contributed by atoms with Crippen LogP contribution in [-0.2, 0) is 4.79 Å². The fraction of sp³-hybridized carbons (Fsp3) is 0.706. The maximum absolute atomic E-state index is 14.4. The van der Waals surface area contributed by atoms with E-state index in [0.29, 0.717) is 31.2 Å². The second-order valence-electron chi connectivity index (χ2n) is 7.74.